The first-order valence-corrected chi connectivity index (χ1v) is 6.86. The lowest BCUT2D eigenvalue weighted by molar-refractivity contribution is 0.708. The Balaban J connectivity index is 2.04. The van der Waals surface area contributed by atoms with Gasteiger partial charge in [0.1, 0.15) is 5.84 Å². The highest BCUT2D eigenvalue weighted by molar-refractivity contribution is 5.99. The van der Waals surface area contributed by atoms with Crippen molar-refractivity contribution in [1.82, 2.24) is 0 Å². The Morgan fingerprint density at radius 2 is 1.58 bits per heavy atom. The molecule has 0 aliphatic carbocycles. The number of para-hydroxylation sites is 1. The molecule has 1 fully saturated rings. The van der Waals surface area contributed by atoms with Gasteiger partial charge in [0.15, 0.2) is 0 Å². The van der Waals surface area contributed by atoms with E-state index >= 15 is 0 Å². The van der Waals surface area contributed by atoms with E-state index < -0.39 is 0 Å². The molecule has 0 aromatic heterocycles. The van der Waals surface area contributed by atoms with Gasteiger partial charge in [0.25, 0.3) is 0 Å². The van der Waals surface area contributed by atoms with Crippen LogP contribution in [0, 0.1) is 5.41 Å². The molecular formula is C17H18N2. The Hall–Kier alpha value is -2.09. The van der Waals surface area contributed by atoms with Crippen molar-refractivity contribution < 1.29 is 0 Å². The van der Waals surface area contributed by atoms with E-state index in [1.54, 1.807) is 0 Å². The van der Waals surface area contributed by atoms with Gasteiger partial charge in [0, 0.05) is 24.2 Å². The maximum Gasteiger partial charge on any atom is 0.100 e. The predicted molar refractivity (Wildman–Crippen MR) is 80.8 cm³/mol. The van der Waals surface area contributed by atoms with Crippen LogP contribution in [0.5, 0.6) is 0 Å². The number of amidine groups is 1. The molecule has 2 heteroatoms. The highest BCUT2D eigenvalue weighted by Crippen LogP contribution is 2.32. The van der Waals surface area contributed by atoms with Crippen LogP contribution in [0.1, 0.15) is 19.3 Å². The smallest absolute Gasteiger partial charge is 0.100 e. The lowest BCUT2D eigenvalue weighted by Crippen LogP contribution is -2.35. The molecule has 2 aromatic carbocycles. The summed E-state index contributed by atoms with van der Waals surface area (Å²) < 4.78 is 0. The number of anilines is 1. The van der Waals surface area contributed by atoms with Crippen molar-refractivity contribution in [2.75, 3.05) is 11.4 Å². The molecule has 1 aliphatic heterocycles. The van der Waals surface area contributed by atoms with Gasteiger partial charge in [-0.2, -0.15) is 0 Å². The second kappa shape index (κ2) is 5.27. The van der Waals surface area contributed by atoms with Crippen LogP contribution in [0.3, 0.4) is 0 Å². The van der Waals surface area contributed by atoms with Crippen LogP contribution in [0.2, 0.25) is 0 Å². The van der Waals surface area contributed by atoms with E-state index in [4.69, 9.17) is 5.41 Å². The number of rotatable bonds is 2. The highest BCUT2D eigenvalue weighted by Gasteiger charge is 2.19. The Morgan fingerprint density at radius 1 is 0.842 bits per heavy atom. The summed E-state index contributed by atoms with van der Waals surface area (Å²) in [4.78, 5) is 2.16. The largest absolute Gasteiger partial charge is 0.330 e. The number of hydrogen-bond acceptors (Lipinski definition) is 1. The number of nitrogens with one attached hydrogen (secondary N) is 1. The predicted octanol–water partition coefficient (Wildman–Crippen LogP) is 4.32. The summed E-state index contributed by atoms with van der Waals surface area (Å²) in [5.74, 6) is 0.745. The van der Waals surface area contributed by atoms with Crippen LogP contribution in [-0.4, -0.2) is 12.4 Å². The van der Waals surface area contributed by atoms with Crippen LogP contribution in [0.15, 0.2) is 54.6 Å². The average Bonchev–Trinajstić information content (AvgIpc) is 2.49. The fourth-order valence-electron chi connectivity index (χ4n) is 2.67. The van der Waals surface area contributed by atoms with Crippen molar-refractivity contribution in [3.63, 3.8) is 0 Å². The Kier molecular flexibility index (Phi) is 3.32. The zero-order valence-electron chi connectivity index (χ0n) is 11.0. The summed E-state index contributed by atoms with van der Waals surface area (Å²) in [5, 5.41) is 8.17. The van der Waals surface area contributed by atoms with Gasteiger partial charge in [-0.15, -0.1) is 0 Å². The van der Waals surface area contributed by atoms with Crippen LogP contribution >= 0.6 is 0 Å². The Labute approximate surface area is 114 Å². The van der Waals surface area contributed by atoms with Crippen molar-refractivity contribution in [1.29, 1.82) is 5.41 Å². The van der Waals surface area contributed by atoms with Crippen molar-refractivity contribution in [2.45, 2.75) is 19.3 Å². The van der Waals surface area contributed by atoms with Gasteiger partial charge in [-0.3, -0.25) is 5.41 Å². The molecule has 1 aliphatic rings. The van der Waals surface area contributed by atoms with E-state index in [1.165, 1.54) is 23.2 Å². The standard InChI is InChI=1S/C17H18N2/c18-17-12-6-7-13-19(17)16-11-5-4-10-15(16)14-8-2-1-3-9-14/h1-5,8-11,18H,6-7,12-13H2. The molecular weight excluding hydrogens is 232 g/mol. The zero-order valence-corrected chi connectivity index (χ0v) is 11.0. The minimum Gasteiger partial charge on any atom is -0.330 e. The minimum absolute atomic E-state index is 0.745. The lowest BCUT2D eigenvalue weighted by atomic mass is 10.0. The van der Waals surface area contributed by atoms with Gasteiger partial charge in [-0.05, 0) is 24.5 Å². The van der Waals surface area contributed by atoms with Crippen LogP contribution in [0.4, 0.5) is 5.69 Å². The maximum atomic E-state index is 8.17. The molecule has 0 radical (unpaired) electrons. The Bertz CT molecular complexity index is 575. The van der Waals surface area contributed by atoms with Gasteiger partial charge in [-0.1, -0.05) is 48.5 Å². The lowest BCUT2D eigenvalue weighted by Gasteiger charge is -2.31. The third kappa shape index (κ3) is 2.39. The molecule has 1 heterocycles. The molecule has 0 unspecified atom stereocenters. The second-order valence-corrected chi connectivity index (χ2v) is 4.94. The number of nitrogens with zero attached hydrogens (tertiary/aromatic N) is 1. The average molecular weight is 250 g/mol. The number of piperidine rings is 1. The highest BCUT2D eigenvalue weighted by atomic mass is 15.2. The summed E-state index contributed by atoms with van der Waals surface area (Å²) in [5.41, 5.74) is 3.60. The van der Waals surface area contributed by atoms with Gasteiger partial charge < -0.3 is 4.90 Å². The second-order valence-electron chi connectivity index (χ2n) is 4.94. The SMILES string of the molecule is N=C1CCCCN1c1ccccc1-c1ccccc1. The summed E-state index contributed by atoms with van der Waals surface area (Å²) in [6, 6.07) is 18.8. The van der Waals surface area contributed by atoms with Crippen LogP contribution in [-0.2, 0) is 0 Å². The molecule has 0 spiro atoms. The molecule has 96 valence electrons. The first-order chi connectivity index (χ1) is 9.36. The van der Waals surface area contributed by atoms with E-state index in [0.29, 0.717) is 0 Å². The minimum atomic E-state index is 0.745. The zero-order chi connectivity index (χ0) is 13.1. The van der Waals surface area contributed by atoms with Crippen molar-refractivity contribution in [3.8, 4) is 11.1 Å². The number of hydrogen-bond donors (Lipinski definition) is 1. The normalized spacial score (nSPS) is 15.6. The molecule has 1 N–H and O–H groups in total. The summed E-state index contributed by atoms with van der Waals surface area (Å²) >= 11 is 0. The monoisotopic (exact) mass is 250 g/mol. The Morgan fingerprint density at radius 3 is 2.37 bits per heavy atom. The van der Waals surface area contributed by atoms with Gasteiger partial charge in [0.2, 0.25) is 0 Å². The van der Waals surface area contributed by atoms with Crippen LogP contribution in [0.25, 0.3) is 11.1 Å². The topological polar surface area (TPSA) is 27.1 Å². The third-order valence-corrected chi connectivity index (χ3v) is 3.65. The molecule has 0 amide bonds. The van der Waals surface area contributed by atoms with E-state index in [1.807, 2.05) is 6.07 Å². The van der Waals surface area contributed by atoms with E-state index in [9.17, 15) is 0 Å². The molecule has 1 saturated heterocycles. The molecule has 2 aromatic rings. The quantitative estimate of drug-likeness (QED) is 0.844. The summed E-state index contributed by atoms with van der Waals surface area (Å²) in [7, 11) is 0. The fraction of sp³-hybridized carbons (Fsp3) is 0.235. The van der Waals surface area contributed by atoms with Gasteiger partial charge >= 0.3 is 0 Å². The molecule has 0 bridgehead atoms. The molecule has 19 heavy (non-hydrogen) atoms. The molecule has 0 saturated carbocycles. The summed E-state index contributed by atoms with van der Waals surface area (Å²) in [6.07, 6.45) is 3.21. The van der Waals surface area contributed by atoms with Crippen molar-refractivity contribution >= 4 is 11.5 Å². The van der Waals surface area contributed by atoms with Gasteiger partial charge in [0.05, 0.1) is 0 Å². The third-order valence-electron chi connectivity index (χ3n) is 3.65. The molecule has 3 rings (SSSR count). The first-order valence-electron chi connectivity index (χ1n) is 6.86. The summed E-state index contributed by atoms with van der Waals surface area (Å²) in [6.45, 7) is 0.961. The molecule has 2 nitrogen and oxygen atoms in total. The van der Waals surface area contributed by atoms with E-state index in [2.05, 4.69) is 53.4 Å². The molecule has 0 atom stereocenters. The first kappa shape index (κ1) is 12.0. The van der Waals surface area contributed by atoms with Crippen molar-refractivity contribution in [2.24, 2.45) is 0 Å². The number of benzene rings is 2. The van der Waals surface area contributed by atoms with Gasteiger partial charge in [-0.25, -0.2) is 0 Å². The maximum absolute atomic E-state index is 8.17. The van der Waals surface area contributed by atoms with Crippen LogP contribution < -0.4 is 4.90 Å². The van der Waals surface area contributed by atoms with E-state index in [0.717, 1.165) is 25.2 Å². The van der Waals surface area contributed by atoms with E-state index in [-0.39, 0.29) is 0 Å². The van der Waals surface area contributed by atoms with Crippen molar-refractivity contribution in [3.05, 3.63) is 54.6 Å². The fourth-order valence-corrected chi connectivity index (χ4v) is 2.67.